The SMILES string of the molecule is COc1ccc(-n2cnc(CN)n2)cc1. The van der Waals surface area contributed by atoms with Crippen LogP contribution in [0.2, 0.25) is 0 Å². The van der Waals surface area contributed by atoms with Gasteiger partial charge in [0, 0.05) is 0 Å². The minimum absolute atomic E-state index is 0.350. The first-order valence-electron chi connectivity index (χ1n) is 4.58. The number of ether oxygens (including phenoxy) is 1. The number of nitrogens with zero attached hydrogens (tertiary/aromatic N) is 3. The summed E-state index contributed by atoms with van der Waals surface area (Å²) in [5.74, 6) is 1.45. The first kappa shape index (κ1) is 9.67. The smallest absolute Gasteiger partial charge is 0.164 e. The summed E-state index contributed by atoms with van der Waals surface area (Å²) in [4.78, 5) is 4.05. The van der Waals surface area contributed by atoms with Crippen LogP contribution in [0.15, 0.2) is 30.6 Å². The average molecular weight is 204 g/mol. The Morgan fingerprint density at radius 1 is 1.33 bits per heavy atom. The van der Waals surface area contributed by atoms with Crippen molar-refractivity contribution in [1.82, 2.24) is 14.8 Å². The monoisotopic (exact) mass is 204 g/mol. The van der Waals surface area contributed by atoms with Crippen molar-refractivity contribution in [1.29, 1.82) is 0 Å². The molecule has 0 unspecified atom stereocenters. The summed E-state index contributed by atoms with van der Waals surface area (Å²) in [5.41, 5.74) is 6.36. The van der Waals surface area contributed by atoms with Crippen molar-refractivity contribution in [3.63, 3.8) is 0 Å². The second-order valence-corrected chi connectivity index (χ2v) is 3.01. The van der Waals surface area contributed by atoms with E-state index in [1.54, 1.807) is 18.1 Å². The molecule has 0 radical (unpaired) electrons. The third kappa shape index (κ3) is 1.97. The zero-order valence-corrected chi connectivity index (χ0v) is 8.42. The van der Waals surface area contributed by atoms with Gasteiger partial charge in [-0.3, -0.25) is 0 Å². The molecule has 0 aliphatic heterocycles. The predicted molar refractivity (Wildman–Crippen MR) is 55.8 cm³/mol. The van der Waals surface area contributed by atoms with Crippen molar-refractivity contribution in [3.05, 3.63) is 36.4 Å². The maximum absolute atomic E-state index is 5.43. The standard InChI is InChI=1S/C10H12N4O/c1-15-9-4-2-8(3-5-9)14-7-12-10(6-11)13-14/h2-5,7H,6,11H2,1H3. The van der Waals surface area contributed by atoms with Crippen molar-refractivity contribution < 1.29 is 4.74 Å². The zero-order valence-electron chi connectivity index (χ0n) is 8.42. The molecule has 5 heteroatoms. The van der Waals surface area contributed by atoms with E-state index in [9.17, 15) is 0 Å². The molecule has 0 spiro atoms. The van der Waals surface area contributed by atoms with Crippen LogP contribution in [-0.2, 0) is 6.54 Å². The van der Waals surface area contributed by atoms with E-state index < -0.39 is 0 Å². The average Bonchev–Trinajstić information content (AvgIpc) is 2.78. The molecule has 2 N–H and O–H groups in total. The highest BCUT2D eigenvalue weighted by molar-refractivity contribution is 5.36. The second kappa shape index (κ2) is 4.10. The van der Waals surface area contributed by atoms with E-state index in [1.165, 1.54) is 0 Å². The molecule has 0 fully saturated rings. The van der Waals surface area contributed by atoms with Crippen LogP contribution < -0.4 is 10.5 Å². The van der Waals surface area contributed by atoms with Crippen molar-refractivity contribution in [2.24, 2.45) is 5.73 Å². The van der Waals surface area contributed by atoms with Crippen LogP contribution in [0.25, 0.3) is 5.69 Å². The van der Waals surface area contributed by atoms with Crippen molar-refractivity contribution in [2.45, 2.75) is 6.54 Å². The fraction of sp³-hybridized carbons (Fsp3) is 0.200. The van der Waals surface area contributed by atoms with Gasteiger partial charge in [-0.25, -0.2) is 9.67 Å². The highest BCUT2D eigenvalue weighted by Crippen LogP contribution is 2.13. The molecule has 5 nitrogen and oxygen atoms in total. The number of nitrogens with two attached hydrogens (primary N) is 1. The summed E-state index contributed by atoms with van der Waals surface area (Å²) in [6, 6.07) is 7.57. The summed E-state index contributed by atoms with van der Waals surface area (Å²) in [6.45, 7) is 0.350. The highest BCUT2D eigenvalue weighted by atomic mass is 16.5. The van der Waals surface area contributed by atoms with E-state index in [0.717, 1.165) is 11.4 Å². The molecule has 0 bridgehead atoms. The van der Waals surface area contributed by atoms with E-state index in [4.69, 9.17) is 10.5 Å². The molecule has 0 aliphatic carbocycles. The summed E-state index contributed by atoms with van der Waals surface area (Å²) < 4.78 is 6.75. The van der Waals surface area contributed by atoms with Gasteiger partial charge in [0.2, 0.25) is 0 Å². The van der Waals surface area contributed by atoms with E-state index in [-0.39, 0.29) is 0 Å². The lowest BCUT2D eigenvalue weighted by Gasteiger charge is -2.02. The Morgan fingerprint density at radius 2 is 2.07 bits per heavy atom. The summed E-state index contributed by atoms with van der Waals surface area (Å²) in [7, 11) is 1.64. The Kier molecular flexibility index (Phi) is 2.64. The Bertz CT molecular complexity index is 435. The van der Waals surface area contributed by atoms with Gasteiger partial charge in [-0.1, -0.05) is 0 Å². The zero-order chi connectivity index (χ0) is 10.7. The molecule has 1 heterocycles. The molecule has 0 aliphatic rings. The molecule has 0 amide bonds. The lowest BCUT2D eigenvalue weighted by Crippen LogP contribution is -2.01. The van der Waals surface area contributed by atoms with Crippen LogP contribution in [0.3, 0.4) is 0 Å². The van der Waals surface area contributed by atoms with Crippen molar-refractivity contribution in [2.75, 3.05) is 7.11 Å². The maximum atomic E-state index is 5.43. The number of benzene rings is 1. The van der Waals surface area contributed by atoms with E-state index in [0.29, 0.717) is 12.4 Å². The van der Waals surface area contributed by atoms with Crippen LogP contribution in [0.5, 0.6) is 5.75 Å². The van der Waals surface area contributed by atoms with Crippen LogP contribution >= 0.6 is 0 Å². The van der Waals surface area contributed by atoms with Gasteiger partial charge in [-0.05, 0) is 24.3 Å². The lowest BCUT2D eigenvalue weighted by atomic mass is 10.3. The fourth-order valence-corrected chi connectivity index (χ4v) is 1.25. The van der Waals surface area contributed by atoms with Crippen molar-refractivity contribution >= 4 is 0 Å². The Hall–Kier alpha value is -1.88. The second-order valence-electron chi connectivity index (χ2n) is 3.01. The fourth-order valence-electron chi connectivity index (χ4n) is 1.25. The Balaban J connectivity index is 2.28. The maximum Gasteiger partial charge on any atom is 0.164 e. The first-order chi connectivity index (χ1) is 7.33. The van der Waals surface area contributed by atoms with Gasteiger partial charge in [0.15, 0.2) is 5.82 Å². The van der Waals surface area contributed by atoms with Gasteiger partial charge in [-0.2, -0.15) is 0 Å². The third-order valence-corrected chi connectivity index (χ3v) is 2.06. The summed E-state index contributed by atoms with van der Waals surface area (Å²) in [5, 5.41) is 4.19. The molecule has 0 saturated heterocycles. The molecule has 1 aromatic heterocycles. The first-order valence-corrected chi connectivity index (χ1v) is 4.58. The van der Waals surface area contributed by atoms with E-state index in [2.05, 4.69) is 10.1 Å². The molecule has 78 valence electrons. The molecular weight excluding hydrogens is 192 g/mol. The number of rotatable bonds is 3. The van der Waals surface area contributed by atoms with Crippen molar-refractivity contribution in [3.8, 4) is 11.4 Å². The topological polar surface area (TPSA) is 66.0 Å². The van der Waals surface area contributed by atoms with Gasteiger partial charge in [0.05, 0.1) is 19.3 Å². The number of methoxy groups -OCH3 is 1. The molecule has 15 heavy (non-hydrogen) atoms. The van der Waals surface area contributed by atoms with Crippen LogP contribution in [0.1, 0.15) is 5.82 Å². The molecule has 2 rings (SSSR count). The Labute approximate surface area is 87.5 Å². The molecule has 0 atom stereocenters. The number of hydrogen-bond donors (Lipinski definition) is 1. The quantitative estimate of drug-likeness (QED) is 0.800. The van der Waals surface area contributed by atoms with Gasteiger partial charge in [0.25, 0.3) is 0 Å². The minimum atomic E-state index is 0.350. The van der Waals surface area contributed by atoms with E-state index >= 15 is 0 Å². The van der Waals surface area contributed by atoms with Crippen LogP contribution in [-0.4, -0.2) is 21.9 Å². The minimum Gasteiger partial charge on any atom is -0.497 e. The van der Waals surface area contributed by atoms with Gasteiger partial charge < -0.3 is 10.5 Å². The third-order valence-electron chi connectivity index (χ3n) is 2.06. The van der Waals surface area contributed by atoms with E-state index in [1.807, 2.05) is 24.3 Å². The van der Waals surface area contributed by atoms with Crippen LogP contribution in [0, 0.1) is 0 Å². The molecule has 1 aromatic carbocycles. The summed E-state index contributed by atoms with van der Waals surface area (Å²) in [6.07, 6.45) is 1.64. The molecule has 2 aromatic rings. The Morgan fingerprint density at radius 3 is 2.60 bits per heavy atom. The number of hydrogen-bond acceptors (Lipinski definition) is 4. The predicted octanol–water partition coefficient (Wildman–Crippen LogP) is 0.735. The van der Waals surface area contributed by atoms with Gasteiger partial charge >= 0.3 is 0 Å². The highest BCUT2D eigenvalue weighted by Gasteiger charge is 2.00. The number of aromatic nitrogens is 3. The largest absolute Gasteiger partial charge is 0.497 e. The van der Waals surface area contributed by atoms with Crippen LogP contribution in [0.4, 0.5) is 0 Å². The summed E-state index contributed by atoms with van der Waals surface area (Å²) >= 11 is 0. The van der Waals surface area contributed by atoms with Gasteiger partial charge in [-0.15, -0.1) is 5.10 Å². The van der Waals surface area contributed by atoms with Gasteiger partial charge in [0.1, 0.15) is 12.1 Å². The normalized spacial score (nSPS) is 10.3. The molecule has 0 saturated carbocycles. The lowest BCUT2D eigenvalue weighted by molar-refractivity contribution is 0.414. The molecular formula is C10H12N4O.